The largest absolute Gasteiger partial charge is 0.480 e. The molecule has 5 N–H and O–H groups in total. The highest BCUT2D eigenvalue weighted by Crippen LogP contribution is 2.22. The van der Waals surface area contributed by atoms with Gasteiger partial charge in [-0.05, 0) is 12.1 Å². The average molecular weight is 265 g/mol. The van der Waals surface area contributed by atoms with Gasteiger partial charge in [0.25, 0.3) is 0 Å². The van der Waals surface area contributed by atoms with Crippen molar-refractivity contribution >= 4 is 23.4 Å². The fourth-order valence-corrected chi connectivity index (χ4v) is 2.07. The van der Waals surface area contributed by atoms with E-state index in [1.54, 1.807) is 24.3 Å². The molecule has 2 rings (SSSR count). The lowest BCUT2D eigenvalue weighted by Gasteiger charge is -2.22. The van der Waals surface area contributed by atoms with Gasteiger partial charge in [-0.3, -0.25) is 0 Å². The van der Waals surface area contributed by atoms with Gasteiger partial charge in [0, 0.05) is 13.0 Å². The zero-order valence-electron chi connectivity index (χ0n) is 10.1. The topological polar surface area (TPSA) is 116 Å². The van der Waals surface area contributed by atoms with Crippen molar-refractivity contribution in [1.29, 1.82) is 0 Å². The number of nitrogens with zero attached hydrogens (tertiary/aromatic N) is 1. The zero-order valence-corrected chi connectivity index (χ0v) is 10.1. The van der Waals surface area contributed by atoms with Gasteiger partial charge in [-0.15, -0.1) is 0 Å². The second-order valence-electron chi connectivity index (χ2n) is 4.41. The third-order valence-corrected chi connectivity index (χ3v) is 3.03. The number of β-amino-alcohol motifs (C(OH)–C–C–N with tert-alkyl or cyclic N) is 1. The van der Waals surface area contributed by atoms with Crippen molar-refractivity contribution in [2.45, 2.75) is 18.6 Å². The number of aliphatic hydroxyl groups is 1. The standard InChI is InChI=1S/C12H15N3O4/c13-8-3-1-2-4-9(8)14-12(19)15-6-7(16)5-10(15)11(17)18/h1-4,7,10,16H,5-6,13H2,(H,14,19)(H,17,18). The van der Waals surface area contributed by atoms with Crippen LogP contribution in [0.2, 0.25) is 0 Å². The fourth-order valence-electron chi connectivity index (χ4n) is 2.07. The number of carboxylic acids is 1. The number of hydrogen-bond acceptors (Lipinski definition) is 4. The molecule has 1 fully saturated rings. The first kappa shape index (κ1) is 13.2. The summed E-state index contributed by atoms with van der Waals surface area (Å²) < 4.78 is 0. The van der Waals surface area contributed by atoms with Gasteiger partial charge >= 0.3 is 12.0 Å². The van der Waals surface area contributed by atoms with Crippen molar-refractivity contribution in [2.75, 3.05) is 17.6 Å². The van der Waals surface area contributed by atoms with Gasteiger partial charge in [-0.1, -0.05) is 12.1 Å². The predicted molar refractivity (Wildman–Crippen MR) is 68.6 cm³/mol. The summed E-state index contributed by atoms with van der Waals surface area (Å²) >= 11 is 0. The quantitative estimate of drug-likeness (QED) is 0.575. The number of nitrogens with one attached hydrogen (secondary N) is 1. The van der Waals surface area contributed by atoms with E-state index in [4.69, 9.17) is 10.8 Å². The van der Waals surface area contributed by atoms with Crippen molar-refractivity contribution < 1.29 is 19.8 Å². The Kier molecular flexibility index (Phi) is 3.57. The minimum Gasteiger partial charge on any atom is -0.480 e. The van der Waals surface area contributed by atoms with Crippen LogP contribution >= 0.6 is 0 Å². The molecule has 0 spiro atoms. The Morgan fingerprint density at radius 3 is 2.68 bits per heavy atom. The first-order valence-electron chi connectivity index (χ1n) is 5.82. The van der Waals surface area contributed by atoms with Gasteiger partial charge in [-0.2, -0.15) is 0 Å². The lowest BCUT2D eigenvalue weighted by molar-refractivity contribution is -0.141. The van der Waals surface area contributed by atoms with Crippen LogP contribution in [0.4, 0.5) is 16.2 Å². The maximum absolute atomic E-state index is 12.0. The van der Waals surface area contributed by atoms with Crippen LogP contribution in [-0.4, -0.2) is 45.8 Å². The number of benzene rings is 1. The molecular weight excluding hydrogens is 250 g/mol. The van der Waals surface area contributed by atoms with Gasteiger partial charge in [0.05, 0.1) is 17.5 Å². The molecule has 2 atom stereocenters. The summed E-state index contributed by atoms with van der Waals surface area (Å²) in [5, 5.41) is 21.0. The lowest BCUT2D eigenvalue weighted by atomic mass is 10.2. The van der Waals surface area contributed by atoms with E-state index >= 15 is 0 Å². The number of rotatable bonds is 2. The molecule has 1 aliphatic rings. The highest BCUT2D eigenvalue weighted by molar-refractivity contribution is 5.95. The number of likely N-dealkylation sites (tertiary alicyclic amines) is 1. The van der Waals surface area contributed by atoms with E-state index in [1.807, 2.05) is 0 Å². The molecule has 0 aliphatic carbocycles. The Hall–Kier alpha value is -2.28. The number of nitrogens with two attached hydrogens (primary N) is 1. The van der Waals surface area contributed by atoms with Crippen molar-refractivity contribution in [1.82, 2.24) is 4.90 Å². The second kappa shape index (κ2) is 5.15. The first-order chi connectivity index (χ1) is 8.99. The number of carboxylic acid groups (broad SMARTS) is 1. The molecule has 2 unspecified atom stereocenters. The minimum absolute atomic E-state index is 0.00443. The number of urea groups is 1. The van der Waals surface area contributed by atoms with Crippen molar-refractivity contribution in [3.63, 3.8) is 0 Å². The summed E-state index contributed by atoms with van der Waals surface area (Å²) in [5.41, 5.74) is 6.50. The summed E-state index contributed by atoms with van der Waals surface area (Å²) in [4.78, 5) is 24.1. The number of amides is 2. The van der Waals surface area contributed by atoms with Crippen LogP contribution < -0.4 is 11.1 Å². The second-order valence-corrected chi connectivity index (χ2v) is 4.41. The van der Waals surface area contributed by atoms with Gasteiger partial charge in [0.15, 0.2) is 0 Å². The van der Waals surface area contributed by atoms with E-state index in [-0.39, 0.29) is 13.0 Å². The normalized spacial score (nSPS) is 22.3. The third-order valence-electron chi connectivity index (χ3n) is 3.03. The number of aliphatic hydroxyl groups excluding tert-OH is 1. The van der Waals surface area contributed by atoms with E-state index in [0.29, 0.717) is 11.4 Å². The Labute approximate surface area is 109 Å². The van der Waals surface area contributed by atoms with Gasteiger partial charge < -0.3 is 26.2 Å². The number of hydrogen-bond donors (Lipinski definition) is 4. The molecule has 19 heavy (non-hydrogen) atoms. The Morgan fingerprint density at radius 2 is 2.05 bits per heavy atom. The molecule has 1 aromatic rings. The number of nitrogen functional groups attached to an aromatic ring is 1. The van der Waals surface area contributed by atoms with Crippen molar-refractivity contribution in [3.8, 4) is 0 Å². The summed E-state index contributed by atoms with van der Waals surface area (Å²) in [6, 6.07) is 5.09. The monoisotopic (exact) mass is 265 g/mol. The van der Waals surface area contributed by atoms with Crippen molar-refractivity contribution in [2.24, 2.45) is 0 Å². The minimum atomic E-state index is -1.13. The third kappa shape index (κ3) is 2.76. The number of carbonyl (C=O) groups excluding carboxylic acids is 1. The van der Waals surface area contributed by atoms with E-state index in [0.717, 1.165) is 4.90 Å². The fraction of sp³-hybridized carbons (Fsp3) is 0.333. The lowest BCUT2D eigenvalue weighted by Crippen LogP contribution is -2.43. The summed E-state index contributed by atoms with van der Waals surface area (Å²) in [7, 11) is 0. The molecule has 1 saturated heterocycles. The first-order valence-corrected chi connectivity index (χ1v) is 5.82. The number of aliphatic carboxylic acids is 1. The van der Waals surface area contributed by atoms with Gasteiger partial charge in [0.2, 0.25) is 0 Å². The average Bonchev–Trinajstić information content (AvgIpc) is 2.74. The molecule has 7 nitrogen and oxygen atoms in total. The Bertz CT molecular complexity index is 506. The molecule has 1 heterocycles. The van der Waals surface area contributed by atoms with Crippen LogP contribution in [0.5, 0.6) is 0 Å². The molecule has 1 aliphatic heterocycles. The van der Waals surface area contributed by atoms with Crippen LogP contribution in [-0.2, 0) is 4.79 Å². The smallest absolute Gasteiger partial charge is 0.326 e. The molecule has 1 aromatic carbocycles. The van der Waals surface area contributed by atoms with Crippen LogP contribution in [0.3, 0.4) is 0 Å². The Balaban J connectivity index is 2.11. The molecule has 2 amide bonds. The molecule has 0 aromatic heterocycles. The zero-order chi connectivity index (χ0) is 14.0. The van der Waals surface area contributed by atoms with Crippen LogP contribution in [0.15, 0.2) is 24.3 Å². The molecule has 7 heteroatoms. The van der Waals surface area contributed by atoms with Crippen LogP contribution in [0.25, 0.3) is 0 Å². The van der Waals surface area contributed by atoms with E-state index in [1.165, 1.54) is 0 Å². The highest BCUT2D eigenvalue weighted by Gasteiger charge is 2.39. The molecule has 0 bridgehead atoms. The maximum atomic E-state index is 12.0. The van der Waals surface area contributed by atoms with E-state index in [9.17, 15) is 14.7 Å². The molecule has 0 radical (unpaired) electrons. The van der Waals surface area contributed by atoms with E-state index < -0.39 is 24.1 Å². The van der Waals surface area contributed by atoms with Crippen molar-refractivity contribution in [3.05, 3.63) is 24.3 Å². The number of para-hydroxylation sites is 2. The summed E-state index contributed by atoms with van der Waals surface area (Å²) in [6.45, 7) is -0.00443. The molecule has 102 valence electrons. The van der Waals surface area contributed by atoms with E-state index in [2.05, 4.69) is 5.32 Å². The predicted octanol–water partition coefficient (Wildman–Crippen LogP) is 0.320. The SMILES string of the molecule is Nc1ccccc1NC(=O)N1CC(O)CC1C(=O)O. The molecular formula is C12H15N3O4. The summed E-state index contributed by atoms with van der Waals surface area (Å²) in [6.07, 6.45) is -0.785. The maximum Gasteiger partial charge on any atom is 0.326 e. The Morgan fingerprint density at radius 1 is 1.37 bits per heavy atom. The van der Waals surface area contributed by atoms with Crippen LogP contribution in [0, 0.1) is 0 Å². The van der Waals surface area contributed by atoms with Crippen LogP contribution in [0.1, 0.15) is 6.42 Å². The molecule has 0 saturated carbocycles. The van der Waals surface area contributed by atoms with Gasteiger partial charge in [-0.25, -0.2) is 9.59 Å². The number of carbonyl (C=O) groups is 2. The number of anilines is 2. The highest BCUT2D eigenvalue weighted by atomic mass is 16.4. The summed E-state index contributed by atoms with van der Waals surface area (Å²) in [5.74, 6) is -1.13. The van der Waals surface area contributed by atoms with Gasteiger partial charge in [0.1, 0.15) is 6.04 Å².